The Labute approximate surface area is 192 Å². The monoisotopic (exact) mass is 449 g/mol. The molecule has 2 aromatic carbocycles. The Morgan fingerprint density at radius 2 is 1.85 bits per heavy atom. The van der Waals surface area contributed by atoms with Gasteiger partial charge < -0.3 is 26.0 Å². The fraction of sp³-hybridized carbons (Fsp3) is 0.280. The summed E-state index contributed by atoms with van der Waals surface area (Å²) in [4.78, 5) is 18.3. The molecule has 1 saturated heterocycles. The number of pyridine rings is 1. The van der Waals surface area contributed by atoms with Crippen LogP contribution in [0.5, 0.6) is 5.75 Å². The highest BCUT2D eigenvalue weighted by Gasteiger charge is 2.17. The number of benzene rings is 2. The van der Waals surface area contributed by atoms with Crippen molar-refractivity contribution in [2.45, 2.75) is 13.5 Å². The molecule has 0 bridgehead atoms. The Kier molecular flexibility index (Phi) is 6.86. The zero-order valence-electron chi connectivity index (χ0n) is 18.8. The second-order valence-corrected chi connectivity index (χ2v) is 8.05. The van der Waals surface area contributed by atoms with Crippen LogP contribution in [0.1, 0.15) is 12.6 Å². The minimum Gasteiger partial charge on any atom is -0.507 e. The number of para-hydroxylation sites is 1. The lowest BCUT2D eigenvalue weighted by atomic mass is 9.97. The van der Waals surface area contributed by atoms with Crippen molar-refractivity contribution in [2.75, 3.05) is 43.4 Å². The highest BCUT2D eigenvalue weighted by atomic mass is 19.1. The summed E-state index contributed by atoms with van der Waals surface area (Å²) in [6.07, 6.45) is 0. The number of nitrogens with zero attached hydrogens (tertiary/aromatic N) is 2. The number of hydrogen-bond donors (Lipinski definition) is 4. The molecule has 1 aliphatic rings. The van der Waals surface area contributed by atoms with E-state index in [1.165, 1.54) is 19.1 Å². The van der Waals surface area contributed by atoms with E-state index in [4.69, 9.17) is 4.98 Å². The smallest absolute Gasteiger partial charge is 0.221 e. The zero-order chi connectivity index (χ0) is 23.4. The molecule has 1 amide bonds. The number of phenols is 1. The van der Waals surface area contributed by atoms with Crippen molar-refractivity contribution in [3.05, 3.63) is 60.0 Å². The molecule has 0 spiro atoms. The lowest BCUT2D eigenvalue weighted by Gasteiger charge is -2.29. The summed E-state index contributed by atoms with van der Waals surface area (Å²) in [7, 11) is 1.87. The predicted molar refractivity (Wildman–Crippen MR) is 129 cm³/mol. The molecule has 3 aromatic rings. The minimum absolute atomic E-state index is 0.0667. The van der Waals surface area contributed by atoms with Gasteiger partial charge in [0.05, 0.1) is 11.4 Å². The molecule has 0 radical (unpaired) electrons. The van der Waals surface area contributed by atoms with E-state index in [0.29, 0.717) is 23.2 Å². The van der Waals surface area contributed by atoms with E-state index >= 15 is 0 Å². The van der Waals surface area contributed by atoms with Crippen LogP contribution in [-0.4, -0.2) is 49.2 Å². The van der Waals surface area contributed by atoms with E-state index in [9.17, 15) is 14.3 Å². The van der Waals surface area contributed by atoms with E-state index in [1.807, 2.05) is 31.3 Å². The van der Waals surface area contributed by atoms with Crippen molar-refractivity contribution in [1.29, 1.82) is 0 Å². The Hall–Kier alpha value is -3.49. The van der Waals surface area contributed by atoms with Gasteiger partial charge in [-0.3, -0.25) is 4.79 Å². The van der Waals surface area contributed by atoms with Crippen molar-refractivity contribution in [1.82, 2.24) is 15.6 Å². The van der Waals surface area contributed by atoms with Gasteiger partial charge in [-0.1, -0.05) is 24.3 Å². The van der Waals surface area contributed by atoms with Gasteiger partial charge in [0.1, 0.15) is 17.4 Å². The maximum Gasteiger partial charge on any atom is 0.221 e. The standard InChI is InChI=1S/C25H28FN5O2/c1-16(32)29-23-7-6-17(13-22(23)26)20-4-3-5-21(25(20)33)18-12-19(15-27-2)30-24(14-18)31-10-8-28-9-11-31/h3-7,12-14,27-28,33H,8-11,15H2,1-2H3,(H,29,32). The Morgan fingerprint density at radius 3 is 2.52 bits per heavy atom. The number of rotatable bonds is 6. The topological polar surface area (TPSA) is 89.5 Å². The number of halogens is 1. The fourth-order valence-corrected chi connectivity index (χ4v) is 4.04. The Morgan fingerprint density at radius 1 is 1.12 bits per heavy atom. The van der Waals surface area contributed by atoms with Gasteiger partial charge in [-0.15, -0.1) is 0 Å². The summed E-state index contributed by atoms with van der Waals surface area (Å²) in [5.41, 5.74) is 3.50. The molecule has 1 fully saturated rings. The first-order chi connectivity index (χ1) is 16.0. The molecule has 1 aliphatic heterocycles. The first kappa shape index (κ1) is 22.7. The summed E-state index contributed by atoms with van der Waals surface area (Å²) in [5.74, 6) is 0.0300. The largest absolute Gasteiger partial charge is 0.507 e. The number of aromatic hydroxyl groups is 1. The first-order valence-electron chi connectivity index (χ1n) is 11.0. The number of hydrogen-bond acceptors (Lipinski definition) is 6. The molecule has 172 valence electrons. The first-order valence-corrected chi connectivity index (χ1v) is 11.0. The molecule has 8 heteroatoms. The van der Waals surface area contributed by atoms with Crippen molar-refractivity contribution >= 4 is 17.4 Å². The molecular weight excluding hydrogens is 421 g/mol. The van der Waals surface area contributed by atoms with Crippen LogP contribution in [-0.2, 0) is 11.3 Å². The van der Waals surface area contributed by atoms with Gasteiger partial charge in [0, 0.05) is 50.8 Å². The molecule has 0 unspecified atom stereocenters. The molecule has 0 saturated carbocycles. The van der Waals surface area contributed by atoms with E-state index in [0.717, 1.165) is 43.3 Å². The molecular formula is C25H28FN5O2. The number of nitrogens with one attached hydrogen (secondary N) is 3. The van der Waals surface area contributed by atoms with E-state index < -0.39 is 5.82 Å². The van der Waals surface area contributed by atoms with Crippen molar-refractivity contribution in [3.8, 4) is 28.0 Å². The molecule has 7 nitrogen and oxygen atoms in total. The lowest BCUT2D eigenvalue weighted by Crippen LogP contribution is -2.44. The average Bonchev–Trinajstić information content (AvgIpc) is 2.81. The third kappa shape index (κ3) is 5.13. The number of phenolic OH excluding ortho intramolecular Hbond substituents is 1. The van der Waals surface area contributed by atoms with Gasteiger partial charge in [-0.25, -0.2) is 9.37 Å². The predicted octanol–water partition coefficient (Wildman–Crippen LogP) is 3.35. The lowest BCUT2D eigenvalue weighted by molar-refractivity contribution is -0.114. The molecule has 0 aliphatic carbocycles. The third-order valence-electron chi connectivity index (χ3n) is 5.60. The third-order valence-corrected chi connectivity index (χ3v) is 5.60. The van der Waals surface area contributed by atoms with Gasteiger partial charge in [-0.05, 0) is 42.4 Å². The second kappa shape index (κ2) is 9.97. The van der Waals surface area contributed by atoms with Crippen LogP contribution in [0.15, 0.2) is 48.5 Å². The van der Waals surface area contributed by atoms with Gasteiger partial charge >= 0.3 is 0 Å². The number of carbonyl (C=O) groups excluding carboxylic acids is 1. The van der Waals surface area contributed by atoms with Gasteiger partial charge in [0.25, 0.3) is 0 Å². The molecule has 4 N–H and O–H groups in total. The van der Waals surface area contributed by atoms with Crippen molar-refractivity contribution in [3.63, 3.8) is 0 Å². The Balaban J connectivity index is 1.75. The van der Waals surface area contributed by atoms with Crippen molar-refractivity contribution < 1.29 is 14.3 Å². The highest BCUT2D eigenvalue weighted by Crippen LogP contribution is 2.39. The number of amides is 1. The summed E-state index contributed by atoms with van der Waals surface area (Å²) in [6, 6.07) is 13.9. The second-order valence-electron chi connectivity index (χ2n) is 8.05. The van der Waals surface area contributed by atoms with Crippen LogP contribution in [0, 0.1) is 5.82 Å². The molecule has 1 aromatic heterocycles. The SMILES string of the molecule is CNCc1cc(-c2cccc(-c3ccc(NC(C)=O)c(F)c3)c2O)cc(N2CCNCC2)n1. The number of carbonyl (C=O) groups is 1. The van der Waals surface area contributed by atoms with Crippen LogP contribution in [0.3, 0.4) is 0 Å². The van der Waals surface area contributed by atoms with Crippen LogP contribution in [0.4, 0.5) is 15.9 Å². The molecule has 33 heavy (non-hydrogen) atoms. The summed E-state index contributed by atoms with van der Waals surface area (Å²) in [6.45, 7) is 5.45. The van der Waals surface area contributed by atoms with Gasteiger partial charge in [-0.2, -0.15) is 0 Å². The van der Waals surface area contributed by atoms with E-state index in [-0.39, 0.29) is 17.3 Å². The van der Waals surface area contributed by atoms with E-state index in [2.05, 4.69) is 20.9 Å². The summed E-state index contributed by atoms with van der Waals surface area (Å²) < 4.78 is 14.5. The summed E-state index contributed by atoms with van der Waals surface area (Å²) >= 11 is 0. The number of aromatic nitrogens is 1. The van der Waals surface area contributed by atoms with Crippen LogP contribution in [0.25, 0.3) is 22.3 Å². The number of piperazine rings is 1. The fourth-order valence-electron chi connectivity index (χ4n) is 4.04. The average molecular weight is 450 g/mol. The van der Waals surface area contributed by atoms with Gasteiger partial charge in [0.15, 0.2) is 0 Å². The highest BCUT2D eigenvalue weighted by molar-refractivity contribution is 5.89. The quantitative estimate of drug-likeness (QED) is 0.462. The molecule has 2 heterocycles. The molecule has 0 atom stereocenters. The van der Waals surface area contributed by atoms with Crippen molar-refractivity contribution in [2.24, 2.45) is 0 Å². The maximum atomic E-state index is 14.5. The van der Waals surface area contributed by atoms with Crippen LogP contribution >= 0.6 is 0 Å². The maximum absolute atomic E-state index is 14.5. The number of anilines is 2. The van der Waals surface area contributed by atoms with E-state index in [1.54, 1.807) is 12.1 Å². The van der Waals surface area contributed by atoms with Crippen LogP contribution in [0.2, 0.25) is 0 Å². The Bertz CT molecular complexity index is 1160. The summed E-state index contributed by atoms with van der Waals surface area (Å²) in [5, 5.41) is 20.1. The minimum atomic E-state index is -0.561. The normalized spacial score (nSPS) is 13.7. The van der Waals surface area contributed by atoms with Gasteiger partial charge in [0.2, 0.25) is 5.91 Å². The molecule has 4 rings (SSSR count). The van der Waals surface area contributed by atoms with Crippen LogP contribution < -0.4 is 20.9 Å². The zero-order valence-corrected chi connectivity index (χ0v) is 18.8.